The van der Waals surface area contributed by atoms with Crippen molar-refractivity contribution in [1.82, 2.24) is 4.90 Å². The molecule has 2 rings (SSSR count). The number of likely N-dealkylation sites (N-methyl/N-ethyl adjacent to an activating group) is 1. The van der Waals surface area contributed by atoms with Crippen molar-refractivity contribution in [1.29, 1.82) is 0 Å². The van der Waals surface area contributed by atoms with Crippen molar-refractivity contribution < 1.29 is 14.6 Å². The van der Waals surface area contributed by atoms with E-state index in [0.717, 1.165) is 12.1 Å². The molecule has 0 unspecified atom stereocenters. The van der Waals surface area contributed by atoms with Crippen LogP contribution in [0.4, 0.5) is 17.1 Å². The van der Waals surface area contributed by atoms with Gasteiger partial charge in [0.25, 0.3) is 5.91 Å². The maximum absolute atomic E-state index is 12.9. The highest BCUT2D eigenvalue weighted by molar-refractivity contribution is 6.06. The molecule has 10 heteroatoms. The van der Waals surface area contributed by atoms with Crippen LogP contribution in [0, 0.1) is 20.2 Å². The molecule has 2 aromatic carbocycles. The largest absolute Gasteiger partial charge is 0.346 e. The van der Waals surface area contributed by atoms with Crippen LogP contribution in [0.25, 0.3) is 0 Å². The zero-order valence-electron chi connectivity index (χ0n) is 14.8. The third-order valence-electron chi connectivity index (χ3n) is 3.70. The Bertz CT molecular complexity index is 829. The van der Waals surface area contributed by atoms with Crippen LogP contribution in [0.1, 0.15) is 10.4 Å². The number of hydrogen-bond donors (Lipinski definition) is 0. The Morgan fingerprint density at radius 3 is 2.04 bits per heavy atom. The van der Waals surface area contributed by atoms with Gasteiger partial charge in [0.1, 0.15) is 0 Å². The molecule has 0 atom stereocenters. The maximum Gasteiger partial charge on any atom is 0.346 e. The summed E-state index contributed by atoms with van der Waals surface area (Å²) in [5.41, 5.74) is -0.696. The van der Waals surface area contributed by atoms with Gasteiger partial charge in [-0.05, 0) is 32.3 Å². The Hall–Kier alpha value is -3.04. The van der Waals surface area contributed by atoms with Crippen LogP contribution in [0.2, 0.25) is 0 Å². The van der Waals surface area contributed by atoms with Gasteiger partial charge in [-0.1, -0.05) is 18.2 Å². The number of nitro benzene ring substituents is 2. The van der Waals surface area contributed by atoms with Gasteiger partial charge in [-0.2, -0.15) is 0 Å². The summed E-state index contributed by atoms with van der Waals surface area (Å²) in [6, 6.07) is 12.1. The van der Waals surface area contributed by atoms with Crippen molar-refractivity contribution in [2.24, 2.45) is 0 Å². The summed E-state index contributed by atoms with van der Waals surface area (Å²) < 4.78 is 0. The summed E-state index contributed by atoms with van der Waals surface area (Å²) in [6.07, 6.45) is 0. The minimum atomic E-state index is -0.860. The zero-order chi connectivity index (χ0) is 19.3. The number of carbonyl (C=O) groups is 1. The minimum Gasteiger partial charge on any atom is -0.308 e. The molecule has 0 radical (unpaired) electrons. The normalized spacial score (nSPS) is 10.2. The first-order valence-electron chi connectivity index (χ1n) is 7.75. The van der Waals surface area contributed by atoms with Crippen LogP contribution in [-0.4, -0.2) is 47.8 Å². The number of para-hydroxylation sites is 1. The number of carbonyl (C=O) groups excluding carboxylic acids is 1. The van der Waals surface area contributed by atoms with Crippen LogP contribution in [0.3, 0.4) is 0 Å². The fraction of sp³-hybridized carbons (Fsp3) is 0.235. The lowest BCUT2D eigenvalue weighted by atomic mass is 10.1. The molecule has 0 spiro atoms. The first kappa shape index (κ1) is 22.0. The van der Waals surface area contributed by atoms with Crippen molar-refractivity contribution in [3.63, 3.8) is 0 Å². The van der Waals surface area contributed by atoms with E-state index in [2.05, 4.69) is 0 Å². The van der Waals surface area contributed by atoms with Crippen molar-refractivity contribution >= 4 is 35.4 Å². The van der Waals surface area contributed by atoms with Gasteiger partial charge in [-0.25, -0.2) is 0 Å². The molecular weight excluding hydrogens is 376 g/mol. The van der Waals surface area contributed by atoms with E-state index in [-0.39, 0.29) is 18.0 Å². The van der Waals surface area contributed by atoms with E-state index in [4.69, 9.17) is 0 Å². The molecule has 27 heavy (non-hydrogen) atoms. The second kappa shape index (κ2) is 9.60. The van der Waals surface area contributed by atoms with Gasteiger partial charge in [-0.15, -0.1) is 12.4 Å². The maximum atomic E-state index is 12.9. The molecule has 0 N–H and O–H groups in total. The lowest BCUT2D eigenvalue weighted by Gasteiger charge is -2.24. The summed E-state index contributed by atoms with van der Waals surface area (Å²) >= 11 is 0. The van der Waals surface area contributed by atoms with E-state index in [1.54, 1.807) is 24.3 Å². The first-order valence-corrected chi connectivity index (χ1v) is 7.75. The van der Waals surface area contributed by atoms with Gasteiger partial charge in [0.15, 0.2) is 0 Å². The number of hydrogen-bond acceptors (Lipinski definition) is 6. The Labute approximate surface area is 161 Å². The van der Waals surface area contributed by atoms with E-state index < -0.39 is 27.1 Å². The van der Waals surface area contributed by atoms with Crippen LogP contribution in [0.5, 0.6) is 0 Å². The quantitative estimate of drug-likeness (QED) is 0.527. The van der Waals surface area contributed by atoms with E-state index >= 15 is 0 Å². The first-order chi connectivity index (χ1) is 12.3. The predicted octanol–water partition coefficient (Wildman–Crippen LogP) is 3.13. The molecule has 0 fully saturated rings. The number of amides is 1. The van der Waals surface area contributed by atoms with E-state index in [1.807, 2.05) is 25.1 Å². The molecule has 0 aliphatic rings. The number of nitro groups is 2. The highest BCUT2D eigenvalue weighted by atomic mass is 35.5. The molecule has 0 saturated heterocycles. The summed E-state index contributed by atoms with van der Waals surface area (Å²) in [5, 5.41) is 22.1. The van der Waals surface area contributed by atoms with Crippen molar-refractivity contribution in [2.75, 3.05) is 32.1 Å². The molecule has 0 aliphatic heterocycles. The minimum absolute atomic E-state index is 0. The standard InChI is InChI=1S/C17H18N4O5.ClH/c1-18(2)10-11-19(14-6-4-3-5-7-14)17(22)13-8-9-15(20(23)24)16(12-13)21(25)26;/h3-9,12H,10-11H2,1-2H3;1H. The number of anilines is 1. The molecule has 0 saturated carbocycles. The highest BCUT2D eigenvalue weighted by Crippen LogP contribution is 2.28. The van der Waals surface area contributed by atoms with Gasteiger partial charge < -0.3 is 9.80 Å². The van der Waals surface area contributed by atoms with E-state index in [0.29, 0.717) is 18.8 Å². The van der Waals surface area contributed by atoms with Crippen molar-refractivity contribution in [3.05, 3.63) is 74.3 Å². The molecule has 0 heterocycles. The number of halogens is 1. The fourth-order valence-electron chi connectivity index (χ4n) is 2.37. The van der Waals surface area contributed by atoms with Crippen LogP contribution >= 0.6 is 12.4 Å². The Morgan fingerprint density at radius 1 is 0.926 bits per heavy atom. The third kappa shape index (κ3) is 5.47. The lowest BCUT2D eigenvalue weighted by Crippen LogP contribution is -2.36. The molecule has 0 aromatic heterocycles. The van der Waals surface area contributed by atoms with Crippen LogP contribution < -0.4 is 4.90 Å². The predicted molar refractivity (Wildman–Crippen MR) is 104 cm³/mol. The average molecular weight is 395 g/mol. The number of nitrogens with zero attached hydrogens (tertiary/aromatic N) is 4. The molecule has 2 aromatic rings. The monoisotopic (exact) mass is 394 g/mol. The van der Waals surface area contributed by atoms with Gasteiger partial charge in [0.2, 0.25) is 0 Å². The molecule has 0 bridgehead atoms. The number of benzene rings is 2. The number of rotatable bonds is 7. The average Bonchev–Trinajstić information content (AvgIpc) is 2.61. The Morgan fingerprint density at radius 2 is 1.52 bits per heavy atom. The molecular formula is C17H19ClN4O5. The molecule has 9 nitrogen and oxygen atoms in total. The fourth-order valence-corrected chi connectivity index (χ4v) is 2.37. The van der Waals surface area contributed by atoms with Crippen LogP contribution in [-0.2, 0) is 0 Å². The van der Waals surface area contributed by atoms with Gasteiger partial charge >= 0.3 is 11.4 Å². The van der Waals surface area contributed by atoms with Gasteiger partial charge in [0, 0.05) is 36.5 Å². The zero-order valence-corrected chi connectivity index (χ0v) is 15.6. The third-order valence-corrected chi connectivity index (χ3v) is 3.70. The molecule has 1 amide bonds. The summed E-state index contributed by atoms with van der Waals surface area (Å²) in [5.74, 6) is -0.462. The SMILES string of the molecule is CN(C)CCN(C(=O)c1ccc([N+](=O)[O-])c([N+](=O)[O-])c1)c1ccccc1.Cl. The lowest BCUT2D eigenvalue weighted by molar-refractivity contribution is -0.422. The molecule has 0 aliphatic carbocycles. The molecule has 144 valence electrons. The van der Waals surface area contributed by atoms with E-state index in [1.165, 1.54) is 11.0 Å². The van der Waals surface area contributed by atoms with Gasteiger partial charge in [0.05, 0.1) is 9.85 Å². The Kier molecular flexibility index (Phi) is 7.82. The van der Waals surface area contributed by atoms with E-state index in [9.17, 15) is 25.0 Å². The second-order valence-electron chi connectivity index (χ2n) is 5.81. The second-order valence-corrected chi connectivity index (χ2v) is 5.81. The topological polar surface area (TPSA) is 110 Å². The summed E-state index contributed by atoms with van der Waals surface area (Å²) in [7, 11) is 3.73. The highest BCUT2D eigenvalue weighted by Gasteiger charge is 2.27. The van der Waals surface area contributed by atoms with Gasteiger partial charge in [-0.3, -0.25) is 25.0 Å². The van der Waals surface area contributed by atoms with Crippen molar-refractivity contribution in [3.8, 4) is 0 Å². The van der Waals surface area contributed by atoms with Crippen LogP contribution in [0.15, 0.2) is 48.5 Å². The van der Waals surface area contributed by atoms with Crippen molar-refractivity contribution in [2.45, 2.75) is 0 Å². The summed E-state index contributed by atoms with van der Waals surface area (Å²) in [6.45, 7) is 0.941. The Balaban J connectivity index is 0.00000364. The smallest absolute Gasteiger partial charge is 0.308 e. The summed E-state index contributed by atoms with van der Waals surface area (Å²) in [4.78, 5) is 36.7.